The predicted octanol–water partition coefficient (Wildman–Crippen LogP) is 5.54. The van der Waals surface area contributed by atoms with Crippen LogP contribution in [-0.2, 0) is 12.8 Å². The zero-order valence-electron chi connectivity index (χ0n) is 12.4. The van der Waals surface area contributed by atoms with Gasteiger partial charge in [0.15, 0.2) is 11.6 Å². The Morgan fingerprint density at radius 3 is 2.50 bits per heavy atom. The third-order valence-electron chi connectivity index (χ3n) is 4.12. The summed E-state index contributed by atoms with van der Waals surface area (Å²) in [6.45, 7) is 2.06. The molecule has 2 aromatic rings. The minimum atomic E-state index is -0.828. The summed E-state index contributed by atoms with van der Waals surface area (Å²) in [6.07, 6.45) is 4.49. The molecule has 3 heteroatoms. The smallest absolute Gasteiger partial charge is 0.162 e. The zero-order chi connectivity index (χ0) is 15.7. The van der Waals surface area contributed by atoms with E-state index in [4.69, 9.17) is 0 Å². The number of allylic oxidation sites excluding steroid dienone is 1. The highest BCUT2D eigenvalue weighted by atomic mass is 19.2. The van der Waals surface area contributed by atoms with E-state index in [1.54, 1.807) is 24.3 Å². The van der Waals surface area contributed by atoms with E-state index >= 15 is 0 Å². The molecular formula is C19H17F3. The summed E-state index contributed by atoms with van der Waals surface area (Å²) < 4.78 is 41.3. The molecule has 0 aromatic heterocycles. The monoisotopic (exact) mass is 302 g/mol. The Morgan fingerprint density at radius 2 is 1.77 bits per heavy atom. The third-order valence-corrected chi connectivity index (χ3v) is 4.12. The van der Waals surface area contributed by atoms with Gasteiger partial charge in [-0.1, -0.05) is 37.6 Å². The Hall–Kier alpha value is -2.03. The van der Waals surface area contributed by atoms with Crippen molar-refractivity contribution in [3.63, 3.8) is 0 Å². The van der Waals surface area contributed by atoms with Crippen LogP contribution in [0.4, 0.5) is 13.2 Å². The van der Waals surface area contributed by atoms with E-state index in [1.807, 2.05) is 6.07 Å². The van der Waals surface area contributed by atoms with E-state index in [9.17, 15) is 13.2 Å². The lowest BCUT2D eigenvalue weighted by atomic mass is 9.87. The lowest BCUT2D eigenvalue weighted by Gasteiger charge is -2.18. The van der Waals surface area contributed by atoms with Crippen LogP contribution in [0.3, 0.4) is 0 Å². The Kier molecular flexibility index (Phi) is 4.06. The molecule has 0 saturated heterocycles. The van der Waals surface area contributed by atoms with Gasteiger partial charge in [0.25, 0.3) is 0 Å². The summed E-state index contributed by atoms with van der Waals surface area (Å²) in [5, 5.41) is 0. The first-order chi connectivity index (χ1) is 10.6. The van der Waals surface area contributed by atoms with Gasteiger partial charge in [0.2, 0.25) is 0 Å². The summed E-state index contributed by atoms with van der Waals surface area (Å²) in [5.74, 6) is -1.86. The first kappa shape index (κ1) is 14.9. The number of rotatable bonds is 3. The summed E-state index contributed by atoms with van der Waals surface area (Å²) >= 11 is 0. The molecule has 2 aromatic carbocycles. The summed E-state index contributed by atoms with van der Waals surface area (Å²) in [7, 11) is 0. The van der Waals surface area contributed by atoms with Crippen LogP contribution < -0.4 is 0 Å². The van der Waals surface area contributed by atoms with Gasteiger partial charge in [-0.3, -0.25) is 0 Å². The van der Waals surface area contributed by atoms with Crippen molar-refractivity contribution in [1.82, 2.24) is 0 Å². The van der Waals surface area contributed by atoms with E-state index < -0.39 is 11.6 Å². The van der Waals surface area contributed by atoms with Gasteiger partial charge >= 0.3 is 0 Å². The van der Waals surface area contributed by atoms with Crippen molar-refractivity contribution < 1.29 is 13.2 Å². The van der Waals surface area contributed by atoms with Gasteiger partial charge in [-0.25, -0.2) is 13.2 Å². The van der Waals surface area contributed by atoms with Crippen LogP contribution in [0.2, 0.25) is 0 Å². The van der Waals surface area contributed by atoms with Crippen LogP contribution in [0.25, 0.3) is 11.6 Å². The Bertz CT molecular complexity index is 745. The highest BCUT2D eigenvalue weighted by molar-refractivity contribution is 5.84. The second-order valence-electron chi connectivity index (χ2n) is 5.66. The Labute approximate surface area is 128 Å². The van der Waals surface area contributed by atoms with Crippen molar-refractivity contribution >= 4 is 11.6 Å². The van der Waals surface area contributed by atoms with Gasteiger partial charge in [-0.2, -0.15) is 0 Å². The Balaban J connectivity index is 1.99. The van der Waals surface area contributed by atoms with Crippen LogP contribution in [-0.4, -0.2) is 0 Å². The molecule has 22 heavy (non-hydrogen) atoms. The summed E-state index contributed by atoms with van der Waals surface area (Å²) in [6, 6.07) is 7.96. The number of fused-ring (bicyclic) bond motifs is 1. The van der Waals surface area contributed by atoms with E-state index in [-0.39, 0.29) is 5.82 Å². The first-order valence-corrected chi connectivity index (χ1v) is 7.56. The molecule has 0 unspecified atom stereocenters. The fourth-order valence-electron chi connectivity index (χ4n) is 2.99. The second kappa shape index (κ2) is 5.99. The molecule has 0 aliphatic heterocycles. The number of hydrogen-bond donors (Lipinski definition) is 0. The molecule has 0 radical (unpaired) electrons. The fraction of sp³-hybridized carbons (Fsp3) is 0.263. The lowest BCUT2D eigenvalue weighted by molar-refractivity contribution is 0.498. The van der Waals surface area contributed by atoms with E-state index in [0.29, 0.717) is 29.5 Å². The highest BCUT2D eigenvalue weighted by Crippen LogP contribution is 2.33. The maximum atomic E-state index is 14.3. The fourth-order valence-corrected chi connectivity index (χ4v) is 2.99. The molecule has 0 atom stereocenters. The van der Waals surface area contributed by atoms with Crippen molar-refractivity contribution in [3.8, 4) is 0 Å². The number of halogens is 3. The molecule has 1 aliphatic rings. The van der Waals surface area contributed by atoms with Crippen molar-refractivity contribution in [3.05, 3.63) is 70.0 Å². The zero-order valence-corrected chi connectivity index (χ0v) is 12.4. The van der Waals surface area contributed by atoms with E-state index in [0.717, 1.165) is 30.0 Å². The van der Waals surface area contributed by atoms with Gasteiger partial charge in [0.05, 0.1) is 0 Å². The van der Waals surface area contributed by atoms with Gasteiger partial charge in [0, 0.05) is 5.56 Å². The predicted molar refractivity (Wildman–Crippen MR) is 82.9 cm³/mol. The first-order valence-electron chi connectivity index (χ1n) is 7.56. The van der Waals surface area contributed by atoms with Crippen molar-refractivity contribution in [2.24, 2.45) is 0 Å². The van der Waals surface area contributed by atoms with Crippen molar-refractivity contribution in [2.45, 2.75) is 32.6 Å². The molecule has 0 nitrogen and oxygen atoms in total. The van der Waals surface area contributed by atoms with Crippen LogP contribution in [0.15, 0.2) is 30.3 Å². The quantitative estimate of drug-likeness (QED) is 0.698. The number of hydrogen-bond acceptors (Lipinski definition) is 0. The highest BCUT2D eigenvalue weighted by Gasteiger charge is 2.19. The van der Waals surface area contributed by atoms with Gasteiger partial charge in [-0.05, 0) is 53.7 Å². The molecular weight excluding hydrogens is 285 g/mol. The minimum Gasteiger partial charge on any atom is -0.206 e. The van der Waals surface area contributed by atoms with Crippen LogP contribution in [0, 0.1) is 17.5 Å². The van der Waals surface area contributed by atoms with Crippen molar-refractivity contribution in [1.29, 1.82) is 0 Å². The van der Waals surface area contributed by atoms with Crippen LogP contribution >= 0.6 is 0 Å². The van der Waals surface area contributed by atoms with E-state index in [1.165, 1.54) is 0 Å². The minimum absolute atomic E-state index is 0.247. The largest absolute Gasteiger partial charge is 0.206 e. The topological polar surface area (TPSA) is 0 Å². The number of aryl methyl sites for hydroxylation is 1. The lowest BCUT2D eigenvalue weighted by Crippen LogP contribution is -2.05. The SMILES string of the molecule is CCCc1ccc(C2=Cc3ccc(F)c(F)c3CC2)c(F)c1. The van der Waals surface area contributed by atoms with Crippen LogP contribution in [0.5, 0.6) is 0 Å². The van der Waals surface area contributed by atoms with Crippen molar-refractivity contribution in [2.75, 3.05) is 0 Å². The average Bonchev–Trinajstić information content (AvgIpc) is 2.51. The average molecular weight is 302 g/mol. The van der Waals surface area contributed by atoms with E-state index in [2.05, 4.69) is 6.92 Å². The van der Waals surface area contributed by atoms with Gasteiger partial charge in [-0.15, -0.1) is 0 Å². The molecule has 3 rings (SSSR count). The molecule has 0 spiro atoms. The molecule has 0 saturated carbocycles. The third kappa shape index (κ3) is 2.68. The number of benzene rings is 2. The molecule has 0 N–H and O–H groups in total. The summed E-state index contributed by atoms with van der Waals surface area (Å²) in [4.78, 5) is 0. The van der Waals surface area contributed by atoms with Gasteiger partial charge < -0.3 is 0 Å². The normalized spacial score (nSPS) is 13.7. The molecule has 114 valence electrons. The summed E-state index contributed by atoms with van der Waals surface area (Å²) in [5.41, 5.74) is 3.38. The molecule has 0 fully saturated rings. The molecule has 0 bridgehead atoms. The Morgan fingerprint density at radius 1 is 0.955 bits per heavy atom. The molecule has 0 heterocycles. The molecule has 1 aliphatic carbocycles. The molecule has 0 amide bonds. The second-order valence-corrected chi connectivity index (χ2v) is 5.66. The van der Waals surface area contributed by atoms with Crippen LogP contribution in [0.1, 0.15) is 42.0 Å². The van der Waals surface area contributed by atoms with Gasteiger partial charge in [0.1, 0.15) is 5.82 Å². The standard InChI is InChI=1S/C19H17F3/c1-2-3-12-4-7-15(18(21)10-12)13-5-8-16-14(11-13)6-9-17(20)19(16)22/h4,6-7,9-11H,2-3,5,8H2,1H3. The maximum Gasteiger partial charge on any atom is 0.162 e. The maximum absolute atomic E-state index is 14.3.